The zero-order valence-corrected chi connectivity index (χ0v) is 18.8. The lowest BCUT2D eigenvalue weighted by Gasteiger charge is -2.30. The fourth-order valence-electron chi connectivity index (χ4n) is 3.91. The Morgan fingerprint density at radius 1 is 1.09 bits per heavy atom. The second kappa shape index (κ2) is 9.33. The number of nitrogens with one attached hydrogen (secondary N) is 1. The lowest BCUT2D eigenvalue weighted by Crippen LogP contribution is -2.41. The molecule has 3 heterocycles. The van der Waals surface area contributed by atoms with Gasteiger partial charge in [-0.2, -0.15) is 4.31 Å². The third-order valence-electron chi connectivity index (χ3n) is 5.77. The van der Waals surface area contributed by atoms with Crippen molar-refractivity contribution in [2.75, 3.05) is 31.6 Å². The van der Waals surface area contributed by atoms with Crippen LogP contribution in [0.5, 0.6) is 11.5 Å². The zero-order chi connectivity index (χ0) is 22.7. The van der Waals surface area contributed by atoms with E-state index in [4.69, 9.17) is 9.47 Å². The van der Waals surface area contributed by atoms with E-state index in [1.165, 1.54) is 27.1 Å². The molecule has 0 unspecified atom stereocenters. The lowest BCUT2D eigenvalue weighted by atomic mass is 9.97. The fraction of sp³-hybridized carbons (Fsp3) is 0.455. The molecule has 2 aromatic rings. The van der Waals surface area contributed by atoms with Crippen molar-refractivity contribution < 1.29 is 22.7 Å². The predicted molar refractivity (Wildman–Crippen MR) is 119 cm³/mol. The van der Waals surface area contributed by atoms with Crippen molar-refractivity contribution in [3.05, 3.63) is 46.9 Å². The molecule has 0 bridgehead atoms. The molecule has 1 N–H and O–H groups in total. The molecule has 1 aromatic heterocycles. The Morgan fingerprint density at radius 3 is 2.53 bits per heavy atom. The maximum absolute atomic E-state index is 13.1. The summed E-state index contributed by atoms with van der Waals surface area (Å²) in [7, 11) is -3.70. The summed E-state index contributed by atoms with van der Waals surface area (Å²) in [5, 5.41) is 2.84. The van der Waals surface area contributed by atoms with Crippen LogP contribution in [0.1, 0.15) is 26.2 Å². The molecule has 0 saturated carbocycles. The van der Waals surface area contributed by atoms with E-state index in [1.54, 1.807) is 18.3 Å². The van der Waals surface area contributed by atoms with Gasteiger partial charge in [0.2, 0.25) is 15.9 Å². The lowest BCUT2D eigenvalue weighted by molar-refractivity contribution is -0.120. The van der Waals surface area contributed by atoms with Crippen LogP contribution in [-0.4, -0.2) is 49.5 Å². The minimum absolute atomic E-state index is 0.126. The normalized spacial score (nSPS) is 17.5. The van der Waals surface area contributed by atoms with E-state index in [1.807, 2.05) is 6.92 Å². The number of nitrogens with zero attached hydrogens (tertiary/aromatic N) is 2. The molecule has 1 saturated heterocycles. The van der Waals surface area contributed by atoms with E-state index in [0.29, 0.717) is 49.8 Å². The molecule has 4 rings (SSSR count). The second-order valence-electron chi connectivity index (χ2n) is 7.87. The molecule has 1 amide bonds. The van der Waals surface area contributed by atoms with Gasteiger partial charge in [0, 0.05) is 50.3 Å². The number of rotatable bonds is 5. The van der Waals surface area contributed by atoms with Crippen molar-refractivity contribution in [3.8, 4) is 11.5 Å². The van der Waals surface area contributed by atoms with Crippen molar-refractivity contribution in [2.24, 2.45) is 5.92 Å². The first-order valence-electron chi connectivity index (χ1n) is 10.8. The third-order valence-corrected chi connectivity index (χ3v) is 7.67. The first kappa shape index (κ1) is 22.3. The molecule has 9 nitrogen and oxygen atoms in total. The number of carbonyl (C=O) groups is 1. The highest BCUT2D eigenvalue weighted by Gasteiger charge is 2.33. The molecule has 32 heavy (non-hydrogen) atoms. The van der Waals surface area contributed by atoms with E-state index in [2.05, 4.69) is 5.32 Å². The van der Waals surface area contributed by atoms with Gasteiger partial charge in [-0.15, -0.1) is 0 Å². The Morgan fingerprint density at radius 2 is 1.81 bits per heavy atom. The summed E-state index contributed by atoms with van der Waals surface area (Å²) in [6, 6.07) is 7.67. The Kier molecular flexibility index (Phi) is 6.52. The molecule has 1 fully saturated rings. The van der Waals surface area contributed by atoms with Crippen molar-refractivity contribution in [3.63, 3.8) is 0 Å². The number of hydrogen-bond donors (Lipinski definition) is 1. The summed E-state index contributed by atoms with van der Waals surface area (Å²) in [5.74, 6) is 0.517. The monoisotopic (exact) mass is 461 g/mol. The van der Waals surface area contributed by atoms with Crippen molar-refractivity contribution in [1.82, 2.24) is 8.87 Å². The van der Waals surface area contributed by atoms with Crippen LogP contribution in [0.4, 0.5) is 5.69 Å². The van der Waals surface area contributed by atoms with Crippen molar-refractivity contribution >= 4 is 21.6 Å². The summed E-state index contributed by atoms with van der Waals surface area (Å²) in [4.78, 5) is 24.5. The van der Waals surface area contributed by atoms with Crippen molar-refractivity contribution in [1.29, 1.82) is 0 Å². The molecule has 172 valence electrons. The van der Waals surface area contributed by atoms with Crippen LogP contribution >= 0.6 is 0 Å². The second-order valence-corrected chi connectivity index (χ2v) is 9.81. The number of hydrogen-bond acceptors (Lipinski definition) is 6. The number of benzene rings is 1. The highest BCUT2D eigenvalue weighted by Crippen LogP contribution is 2.33. The van der Waals surface area contributed by atoms with E-state index in [9.17, 15) is 18.0 Å². The van der Waals surface area contributed by atoms with E-state index in [0.717, 1.165) is 6.42 Å². The average molecular weight is 462 g/mol. The standard InChI is InChI=1S/C22H27N3O6S/c1-2-24-15-17(4-7-21(24)26)23-22(27)16-8-10-25(11-9-16)32(28,29)18-5-6-19-20(14-18)31-13-3-12-30-19/h4-7,14-16H,2-3,8-13H2,1H3,(H,23,27). The number of fused-ring (bicyclic) bond motifs is 1. The van der Waals surface area contributed by atoms with Crippen LogP contribution < -0.4 is 20.3 Å². The summed E-state index contributed by atoms with van der Waals surface area (Å²) < 4.78 is 40.4. The molecular weight excluding hydrogens is 434 g/mol. The van der Waals surface area contributed by atoms with Crippen LogP contribution in [0.25, 0.3) is 0 Å². The van der Waals surface area contributed by atoms with Gasteiger partial charge >= 0.3 is 0 Å². The topological polar surface area (TPSA) is 107 Å². The SMILES string of the molecule is CCn1cc(NC(=O)C2CCN(S(=O)(=O)c3ccc4c(c3)OCCCO4)CC2)ccc1=O. The predicted octanol–water partition coefficient (Wildman–Crippen LogP) is 2.07. The van der Waals surface area contributed by atoms with Gasteiger partial charge in [0.25, 0.3) is 5.56 Å². The molecule has 10 heteroatoms. The Balaban J connectivity index is 1.40. The summed E-state index contributed by atoms with van der Waals surface area (Å²) in [6.45, 7) is 3.89. The van der Waals surface area contributed by atoms with E-state index >= 15 is 0 Å². The van der Waals surface area contributed by atoms with Crippen molar-refractivity contribution in [2.45, 2.75) is 37.6 Å². The van der Waals surface area contributed by atoms with Gasteiger partial charge in [0.1, 0.15) is 0 Å². The van der Waals surface area contributed by atoms with Crippen LogP contribution in [0.2, 0.25) is 0 Å². The fourth-order valence-corrected chi connectivity index (χ4v) is 5.39. The van der Waals surface area contributed by atoms with Crippen LogP contribution in [-0.2, 0) is 21.4 Å². The zero-order valence-electron chi connectivity index (χ0n) is 18.0. The Bertz CT molecular complexity index is 1150. The smallest absolute Gasteiger partial charge is 0.250 e. The van der Waals surface area contributed by atoms with Gasteiger partial charge in [-0.3, -0.25) is 9.59 Å². The van der Waals surface area contributed by atoms with Crippen LogP contribution in [0.15, 0.2) is 46.2 Å². The van der Waals surface area contributed by atoms with Crippen LogP contribution in [0, 0.1) is 5.92 Å². The number of anilines is 1. The third kappa shape index (κ3) is 4.66. The van der Waals surface area contributed by atoms with E-state index in [-0.39, 0.29) is 35.4 Å². The summed E-state index contributed by atoms with van der Waals surface area (Å²) in [5.41, 5.74) is 0.428. The molecule has 0 aliphatic carbocycles. The number of carbonyl (C=O) groups excluding carboxylic acids is 1. The van der Waals surface area contributed by atoms with Gasteiger partial charge < -0.3 is 19.4 Å². The molecular formula is C22H27N3O6S. The molecule has 1 aromatic carbocycles. The minimum Gasteiger partial charge on any atom is -0.490 e. The number of pyridine rings is 1. The number of aryl methyl sites for hydroxylation is 1. The first-order chi connectivity index (χ1) is 15.4. The molecule has 0 spiro atoms. The molecule has 0 atom stereocenters. The summed E-state index contributed by atoms with van der Waals surface area (Å²) >= 11 is 0. The Labute approximate surface area is 187 Å². The highest BCUT2D eigenvalue weighted by molar-refractivity contribution is 7.89. The van der Waals surface area contributed by atoms with Gasteiger partial charge in [-0.25, -0.2) is 8.42 Å². The highest BCUT2D eigenvalue weighted by atomic mass is 32.2. The van der Waals surface area contributed by atoms with E-state index < -0.39 is 10.0 Å². The minimum atomic E-state index is -3.70. The number of ether oxygens (including phenoxy) is 2. The molecule has 0 radical (unpaired) electrons. The maximum atomic E-state index is 13.1. The number of aromatic nitrogens is 1. The first-order valence-corrected chi connectivity index (χ1v) is 12.2. The largest absolute Gasteiger partial charge is 0.490 e. The number of amides is 1. The Hall–Kier alpha value is -2.85. The van der Waals surface area contributed by atoms with Gasteiger partial charge in [-0.1, -0.05) is 0 Å². The van der Waals surface area contributed by atoms with Gasteiger partial charge in [0.05, 0.1) is 23.8 Å². The van der Waals surface area contributed by atoms with Gasteiger partial charge in [-0.05, 0) is 38.0 Å². The number of piperidine rings is 1. The quantitative estimate of drug-likeness (QED) is 0.731. The molecule has 2 aliphatic rings. The van der Waals surface area contributed by atoms with Gasteiger partial charge in [0.15, 0.2) is 11.5 Å². The maximum Gasteiger partial charge on any atom is 0.250 e. The summed E-state index contributed by atoms with van der Waals surface area (Å²) in [6.07, 6.45) is 3.20. The van der Waals surface area contributed by atoms with Crippen LogP contribution in [0.3, 0.4) is 0 Å². The average Bonchev–Trinajstić information content (AvgIpc) is 3.05. The number of sulfonamides is 1. The molecule has 2 aliphatic heterocycles.